The number of methoxy groups -OCH3 is 2. The lowest BCUT2D eigenvalue weighted by atomic mass is 10.0. The van der Waals surface area contributed by atoms with Crippen LogP contribution in [0.1, 0.15) is 15.2 Å². The summed E-state index contributed by atoms with van der Waals surface area (Å²) in [7, 11) is 3.06. The van der Waals surface area contributed by atoms with Gasteiger partial charge in [0, 0.05) is 12.5 Å². The molecule has 4 aromatic carbocycles. The Morgan fingerprint density at radius 1 is 0.700 bits per heavy atom. The van der Waals surface area contributed by atoms with Gasteiger partial charge in [-0.25, -0.2) is 8.78 Å². The van der Waals surface area contributed by atoms with Crippen LogP contribution in [0.5, 0.6) is 23.0 Å². The first-order chi connectivity index (χ1) is 19.4. The number of hydrogen-bond donors (Lipinski definition) is 2. The minimum absolute atomic E-state index is 0.0440. The Balaban J connectivity index is 0.000000336. The fourth-order valence-electron chi connectivity index (χ4n) is 3.31. The SMILES string of the molecule is BrB(Br)Br.COc1cccc(OC)c1-c1cccc(Cl)c1F.Oc1cccc(O)c1-c1cccc(Cl)c1F.[2H]CC. The van der Waals surface area contributed by atoms with Gasteiger partial charge in [0.05, 0.1) is 35.4 Å². The normalized spacial score (nSPS) is 9.90. The summed E-state index contributed by atoms with van der Waals surface area (Å²) in [5.74, 6) is -0.462. The van der Waals surface area contributed by atoms with Crippen LogP contribution in [0.2, 0.25) is 10.0 Å². The Labute approximate surface area is 269 Å². The van der Waals surface area contributed by atoms with E-state index < -0.39 is 11.6 Å². The van der Waals surface area contributed by atoms with Crippen molar-refractivity contribution in [2.24, 2.45) is 0 Å². The lowest BCUT2D eigenvalue weighted by Crippen LogP contribution is -1.95. The summed E-state index contributed by atoms with van der Waals surface area (Å²) in [6, 6.07) is 18.7. The molecule has 0 bridgehead atoms. The molecule has 0 aliphatic heterocycles. The number of halogens is 7. The van der Waals surface area contributed by atoms with E-state index in [1.165, 1.54) is 50.6 Å². The zero-order chi connectivity index (χ0) is 31.1. The van der Waals surface area contributed by atoms with E-state index >= 15 is 0 Å². The molecule has 0 aliphatic carbocycles. The van der Waals surface area contributed by atoms with Gasteiger partial charge in [0.2, 0.25) is 0 Å². The van der Waals surface area contributed by atoms with Gasteiger partial charge in [-0.1, -0.05) is 73.4 Å². The Bertz CT molecular complexity index is 1360. The molecule has 12 heteroatoms. The number of phenolic OH excluding ortho intramolecular Hbond substituents is 2. The molecule has 0 spiro atoms. The summed E-state index contributed by atoms with van der Waals surface area (Å²) >= 11 is 20.7. The molecule has 214 valence electrons. The van der Waals surface area contributed by atoms with Crippen molar-refractivity contribution < 1.29 is 29.8 Å². The van der Waals surface area contributed by atoms with E-state index in [9.17, 15) is 19.0 Å². The van der Waals surface area contributed by atoms with Crippen molar-refractivity contribution in [2.75, 3.05) is 14.2 Å². The highest BCUT2D eigenvalue weighted by molar-refractivity contribution is 9.69. The Morgan fingerprint density at radius 3 is 1.40 bits per heavy atom. The Kier molecular flexibility index (Phi) is 15.8. The fourth-order valence-corrected chi connectivity index (χ4v) is 3.66. The minimum atomic E-state index is -0.666. The van der Waals surface area contributed by atoms with Gasteiger partial charge in [0.15, 0.2) is 0 Å². The van der Waals surface area contributed by atoms with Gasteiger partial charge in [-0.3, -0.25) is 0 Å². The Morgan fingerprint density at radius 2 is 1.02 bits per heavy atom. The monoisotopic (exact) mass is 783 g/mol. The first kappa shape index (κ1) is 34.2. The first-order valence-electron chi connectivity index (χ1n) is 12.0. The molecule has 0 unspecified atom stereocenters. The predicted octanol–water partition coefficient (Wildman–Crippen LogP) is 10.9. The van der Waals surface area contributed by atoms with Crippen LogP contribution < -0.4 is 9.47 Å². The third-order valence-corrected chi connectivity index (χ3v) is 5.47. The fraction of sp³-hybridized carbons (Fsp3) is 0.143. The third-order valence-electron chi connectivity index (χ3n) is 4.89. The van der Waals surface area contributed by atoms with E-state index in [-0.39, 0.29) is 35.9 Å². The average Bonchev–Trinajstić information content (AvgIpc) is 2.92. The summed E-state index contributed by atoms with van der Waals surface area (Å²) in [5.41, 5.74) is 1.03. The molecule has 0 heterocycles. The maximum Gasteiger partial charge on any atom is 0.369 e. The zero-order valence-corrected chi connectivity index (χ0v) is 27.8. The van der Waals surface area contributed by atoms with Crippen molar-refractivity contribution in [1.29, 1.82) is 0 Å². The zero-order valence-electron chi connectivity index (χ0n) is 22.6. The second-order valence-electron chi connectivity index (χ2n) is 7.16. The molecule has 0 saturated heterocycles. The first-order valence-corrected chi connectivity index (χ1v) is 14.8. The molecule has 4 aromatic rings. The van der Waals surface area contributed by atoms with Gasteiger partial charge < -0.3 is 19.7 Å². The number of hydrogen-bond acceptors (Lipinski definition) is 4. The maximum absolute atomic E-state index is 14.1. The molecule has 0 aliphatic rings. The number of benzene rings is 4. The molecule has 0 fully saturated rings. The molecule has 0 atom stereocenters. The van der Waals surface area contributed by atoms with Crippen LogP contribution in [0, 0.1) is 11.6 Å². The van der Waals surface area contributed by atoms with E-state index in [0.717, 1.165) is 0 Å². The second-order valence-corrected chi connectivity index (χ2v) is 14.4. The van der Waals surface area contributed by atoms with Crippen molar-refractivity contribution in [3.63, 3.8) is 0 Å². The van der Waals surface area contributed by atoms with Crippen LogP contribution in [0.3, 0.4) is 0 Å². The van der Waals surface area contributed by atoms with E-state index in [0.29, 0.717) is 29.5 Å². The maximum atomic E-state index is 14.1. The van der Waals surface area contributed by atoms with Crippen molar-refractivity contribution in [3.8, 4) is 45.3 Å². The molecule has 2 N–H and O–H groups in total. The van der Waals surface area contributed by atoms with Crippen LogP contribution in [0.4, 0.5) is 8.78 Å². The van der Waals surface area contributed by atoms with Crippen LogP contribution in [0.15, 0.2) is 72.8 Å². The second kappa shape index (κ2) is 18.5. The largest absolute Gasteiger partial charge is 0.507 e. The van der Waals surface area contributed by atoms with E-state index in [2.05, 4.69) is 47.3 Å². The lowest BCUT2D eigenvalue weighted by molar-refractivity contribution is 0.397. The average molecular weight is 787 g/mol. The minimum Gasteiger partial charge on any atom is -0.507 e. The van der Waals surface area contributed by atoms with Gasteiger partial charge in [-0.15, -0.1) is 47.3 Å². The highest BCUT2D eigenvalue weighted by Gasteiger charge is 2.17. The third kappa shape index (κ3) is 10.1. The molecule has 4 nitrogen and oxygen atoms in total. The van der Waals surface area contributed by atoms with Crippen LogP contribution >= 0.6 is 70.5 Å². The summed E-state index contributed by atoms with van der Waals surface area (Å²) in [6.45, 7) is 2.29. The predicted molar refractivity (Wildman–Crippen MR) is 174 cm³/mol. The van der Waals surface area contributed by atoms with Crippen LogP contribution in [-0.4, -0.2) is 27.6 Å². The van der Waals surface area contributed by atoms with Crippen molar-refractivity contribution in [2.45, 2.75) is 13.8 Å². The molecule has 0 amide bonds. The van der Waals surface area contributed by atoms with Gasteiger partial charge in [0.25, 0.3) is 0 Å². The van der Waals surface area contributed by atoms with Crippen LogP contribution in [-0.2, 0) is 0 Å². The van der Waals surface area contributed by atoms with E-state index in [4.69, 9.17) is 34.0 Å². The molecule has 4 rings (SSSR count). The van der Waals surface area contributed by atoms with Gasteiger partial charge >= 0.3 is 3.18 Å². The smallest absolute Gasteiger partial charge is 0.369 e. The molecule has 0 radical (unpaired) electrons. The number of aromatic hydroxyl groups is 2. The number of phenols is 2. The number of rotatable bonds is 4. The summed E-state index contributed by atoms with van der Waals surface area (Å²) in [4.78, 5) is 0. The Hall–Kier alpha value is -1.98. The quantitative estimate of drug-likeness (QED) is 0.202. The van der Waals surface area contributed by atoms with E-state index in [1.807, 2.05) is 0 Å². The van der Waals surface area contributed by atoms with Crippen molar-refractivity contribution >= 4 is 73.7 Å². The van der Waals surface area contributed by atoms with Crippen molar-refractivity contribution in [3.05, 3.63) is 94.5 Å². The highest BCUT2D eigenvalue weighted by atomic mass is 79.9. The molecular weight excluding hydrogens is 760 g/mol. The molecular formula is C28H26BBr3Cl2F2O4. The molecule has 0 aromatic heterocycles. The molecule has 40 heavy (non-hydrogen) atoms. The number of ether oxygens (including phenoxy) is 2. The molecule has 0 saturated carbocycles. The summed E-state index contributed by atoms with van der Waals surface area (Å²) in [5, 5.41) is 19.2. The van der Waals surface area contributed by atoms with Crippen molar-refractivity contribution in [1.82, 2.24) is 0 Å². The van der Waals surface area contributed by atoms with Gasteiger partial charge in [-0.05, 0) is 36.4 Å². The van der Waals surface area contributed by atoms with Gasteiger partial charge in [-0.2, -0.15) is 0 Å². The lowest BCUT2D eigenvalue weighted by Gasteiger charge is -2.14. The van der Waals surface area contributed by atoms with Gasteiger partial charge in [0.1, 0.15) is 34.6 Å². The van der Waals surface area contributed by atoms with Crippen LogP contribution in [0.25, 0.3) is 22.3 Å². The topological polar surface area (TPSA) is 58.9 Å². The summed E-state index contributed by atoms with van der Waals surface area (Å²) < 4.78 is 44.7. The van der Waals surface area contributed by atoms with E-state index in [1.54, 1.807) is 43.3 Å². The summed E-state index contributed by atoms with van der Waals surface area (Å²) in [6.07, 6.45) is 0. The highest BCUT2D eigenvalue weighted by Crippen LogP contribution is 2.41. The standard InChI is InChI=1S/C14H12ClFO2.C12H8ClFO2.C2H6.BBr3/c1-17-11-7-4-8-12(18-2)13(11)9-5-3-6-10(15)14(9)16;13-8-4-1-3-7(12(8)14)11-9(15)5-2-6-10(11)16;1-2;2-1(3)4/h3-8H,1-2H3;1-6,15-16H;1-2H3;/i;;1D;.